The first-order chi connectivity index (χ1) is 12.6. The Morgan fingerprint density at radius 3 is 2.15 bits per heavy atom. The smallest absolute Gasteiger partial charge is 0.219 e. The fourth-order valence-electron chi connectivity index (χ4n) is 2.23. The molecule has 4 nitrogen and oxygen atoms in total. The molecule has 0 aliphatic heterocycles. The largest absolute Gasteiger partial charge is 0.494 e. The van der Waals surface area contributed by atoms with Crippen molar-refractivity contribution >= 4 is 61.0 Å². The van der Waals surface area contributed by atoms with Gasteiger partial charge in [0.25, 0.3) is 0 Å². The standard InChI is InChI=1S/C19H21Cl2O4P.Li/c1-3-23-12-13-25-26(15-10-8-14(9-11-15)24-4-2)19(22)18-16(20)6-5-7-17(18)21;/h5-11H,3-4,12-13H2,1-2H3;. The van der Waals surface area contributed by atoms with Gasteiger partial charge in [0.1, 0.15) is 13.9 Å². The van der Waals surface area contributed by atoms with Gasteiger partial charge < -0.3 is 14.0 Å². The summed E-state index contributed by atoms with van der Waals surface area (Å²) >= 11 is 12.4. The first-order valence-electron chi connectivity index (χ1n) is 8.30. The Kier molecular flexibility index (Phi) is 11.6. The minimum Gasteiger partial charge on any atom is -0.494 e. The fourth-order valence-corrected chi connectivity index (χ4v) is 4.55. The molecule has 0 N–H and O–H groups in total. The van der Waals surface area contributed by atoms with Crippen molar-refractivity contribution in [2.75, 3.05) is 26.4 Å². The van der Waals surface area contributed by atoms with Crippen molar-refractivity contribution < 1.29 is 18.8 Å². The number of carbonyl (C=O) groups is 1. The van der Waals surface area contributed by atoms with Crippen LogP contribution in [0.15, 0.2) is 42.5 Å². The zero-order valence-electron chi connectivity index (χ0n) is 15.7. The number of carbonyl (C=O) groups excluding carboxylic acids is 1. The van der Waals surface area contributed by atoms with E-state index in [1.54, 1.807) is 18.2 Å². The third-order valence-electron chi connectivity index (χ3n) is 3.40. The van der Waals surface area contributed by atoms with Crippen LogP contribution in [0.3, 0.4) is 0 Å². The Morgan fingerprint density at radius 2 is 1.59 bits per heavy atom. The average molecular weight is 422 g/mol. The van der Waals surface area contributed by atoms with E-state index in [0.29, 0.717) is 36.5 Å². The second-order valence-electron chi connectivity index (χ2n) is 5.15. The Morgan fingerprint density at radius 1 is 0.963 bits per heavy atom. The summed E-state index contributed by atoms with van der Waals surface area (Å²) in [7, 11) is -1.61. The van der Waals surface area contributed by atoms with Crippen molar-refractivity contribution in [1.82, 2.24) is 0 Å². The molecule has 2 rings (SSSR count). The minimum atomic E-state index is -1.61. The first-order valence-corrected chi connectivity index (χ1v) is 10.3. The van der Waals surface area contributed by atoms with Crippen LogP contribution in [0, 0.1) is 0 Å². The molecule has 0 bridgehead atoms. The Bertz CT molecular complexity index is 708. The molecule has 1 atom stereocenters. The normalized spacial score (nSPS) is 11.6. The monoisotopic (exact) mass is 421 g/mol. The maximum Gasteiger partial charge on any atom is 0.219 e. The van der Waals surface area contributed by atoms with Crippen molar-refractivity contribution in [3.8, 4) is 5.75 Å². The minimum absolute atomic E-state index is 0. The van der Waals surface area contributed by atoms with E-state index in [4.69, 9.17) is 37.2 Å². The summed E-state index contributed by atoms with van der Waals surface area (Å²) < 4.78 is 16.7. The van der Waals surface area contributed by atoms with Crippen LogP contribution >= 0.6 is 31.4 Å². The molecule has 0 heterocycles. The van der Waals surface area contributed by atoms with Crippen LogP contribution in [-0.2, 0) is 9.26 Å². The Balaban J connectivity index is 0.00000364. The van der Waals surface area contributed by atoms with Gasteiger partial charge >= 0.3 is 0 Å². The maximum absolute atomic E-state index is 13.1. The van der Waals surface area contributed by atoms with Gasteiger partial charge in [0, 0.05) is 30.8 Å². The van der Waals surface area contributed by atoms with Gasteiger partial charge in [-0.05, 0) is 50.2 Å². The van der Waals surface area contributed by atoms with E-state index in [1.807, 2.05) is 38.1 Å². The van der Waals surface area contributed by atoms with E-state index in [-0.39, 0.29) is 29.9 Å². The zero-order chi connectivity index (χ0) is 18.9. The van der Waals surface area contributed by atoms with Crippen molar-refractivity contribution in [3.63, 3.8) is 0 Å². The molecule has 8 heteroatoms. The van der Waals surface area contributed by atoms with E-state index < -0.39 is 8.15 Å². The van der Waals surface area contributed by atoms with Gasteiger partial charge in [0.15, 0.2) is 0 Å². The van der Waals surface area contributed by atoms with Crippen LogP contribution in [0.4, 0.5) is 0 Å². The fraction of sp³-hybridized carbons (Fsp3) is 0.316. The van der Waals surface area contributed by atoms with Crippen LogP contribution in [0.25, 0.3) is 0 Å². The Labute approximate surface area is 183 Å². The number of benzene rings is 2. The predicted molar refractivity (Wildman–Crippen MR) is 113 cm³/mol. The first kappa shape index (κ1) is 24.5. The SMILES string of the molecule is CCOCCOP(C(=O)c1c(Cl)cccc1Cl)c1ccc(OCC)cc1.[Li]. The molecule has 141 valence electrons. The van der Waals surface area contributed by atoms with Crippen molar-refractivity contribution in [2.45, 2.75) is 13.8 Å². The quantitative estimate of drug-likeness (QED) is 0.310. The van der Waals surface area contributed by atoms with Gasteiger partial charge in [-0.3, -0.25) is 4.79 Å². The molecule has 0 aliphatic rings. The summed E-state index contributed by atoms with van der Waals surface area (Å²) in [4.78, 5) is 13.1. The number of halogens is 2. The second kappa shape index (κ2) is 12.8. The van der Waals surface area contributed by atoms with Crippen molar-refractivity contribution in [2.24, 2.45) is 0 Å². The van der Waals surface area contributed by atoms with Crippen LogP contribution < -0.4 is 10.0 Å². The molecule has 0 saturated heterocycles. The summed E-state index contributed by atoms with van der Waals surface area (Å²) in [5, 5.41) is 1.39. The number of hydrogen-bond acceptors (Lipinski definition) is 4. The molecule has 0 fully saturated rings. The summed E-state index contributed by atoms with van der Waals surface area (Å²) in [6, 6.07) is 12.3. The molecule has 1 unspecified atom stereocenters. The van der Waals surface area contributed by atoms with Gasteiger partial charge in [0.05, 0.1) is 35.4 Å². The molecule has 1 radical (unpaired) electrons. The van der Waals surface area contributed by atoms with Gasteiger partial charge in [-0.2, -0.15) is 0 Å². The van der Waals surface area contributed by atoms with Gasteiger partial charge in [-0.1, -0.05) is 29.3 Å². The maximum atomic E-state index is 13.1. The van der Waals surface area contributed by atoms with Crippen LogP contribution in [0.5, 0.6) is 5.75 Å². The van der Waals surface area contributed by atoms with Crippen molar-refractivity contribution in [1.29, 1.82) is 0 Å². The van der Waals surface area contributed by atoms with Crippen LogP contribution in [-0.4, -0.2) is 50.8 Å². The molecule has 0 spiro atoms. The van der Waals surface area contributed by atoms with Crippen molar-refractivity contribution in [3.05, 3.63) is 58.1 Å². The topological polar surface area (TPSA) is 44.8 Å². The number of ether oxygens (including phenoxy) is 2. The third-order valence-corrected chi connectivity index (χ3v) is 5.83. The molecule has 0 saturated carbocycles. The number of rotatable bonds is 10. The molecule has 2 aromatic carbocycles. The van der Waals surface area contributed by atoms with E-state index in [2.05, 4.69) is 0 Å². The van der Waals surface area contributed by atoms with E-state index in [0.717, 1.165) is 11.1 Å². The van der Waals surface area contributed by atoms with E-state index >= 15 is 0 Å². The summed E-state index contributed by atoms with van der Waals surface area (Å²) in [6.45, 7) is 5.71. The average Bonchev–Trinajstić information content (AvgIpc) is 2.63. The van der Waals surface area contributed by atoms with Crippen LogP contribution in [0.1, 0.15) is 24.2 Å². The molecule has 0 amide bonds. The predicted octanol–water partition coefficient (Wildman–Crippen LogP) is 4.93. The molecule has 2 aromatic rings. The van der Waals surface area contributed by atoms with Gasteiger partial charge in [-0.15, -0.1) is 0 Å². The molecular weight excluding hydrogens is 401 g/mol. The van der Waals surface area contributed by atoms with Gasteiger partial charge in [0.2, 0.25) is 5.52 Å². The molecule has 0 aliphatic carbocycles. The molecular formula is C19H21Cl2LiO4P. The van der Waals surface area contributed by atoms with E-state index in [9.17, 15) is 4.79 Å². The molecule has 0 aromatic heterocycles. The summed E-state index contributed by atoms with van der Waals surface area (Å²) in [6.07, 6.45) is 0. The summed E-state index contributed by atoms with van der Waals surface area (Å²) in [5.74, 6) is 0.740. The third kappa shape index (κ3) is 7.08. The van der Waals surface area contributed by atoms with E-state index in [1.165, 1.54) is 0 Å². The van der Waals surface area contributed by atoms with Gasteiger partial charge in [-0.25, -0.2) is 0 Å². The van der Waals surface area contributed by atoms with Crippen LogP contribution in [0.2, 0.25) is 10.0 Å². The second-order valence-corrected chi connectivity index (χ2v) is 7.74. The zero-order valence-corrected chi connectivity index (χ0v) is 18.1. The number of hydrogen-bond donors (Lipinski definition) is 0. The Hall–Kier alpha value is -0.563. The molecule has 27 heavy (non-hydrogen) atoms. The summed E-state index contributed by atoms with van der Waals surface area (Å²) in [5.41, 5.74) is 0.0588.